The van der Waals surface area contributed by atoms with Gasteiger partial charge in [0.05, 0.1) is 0 Å². The predicted octanol–water partition coefficient (Wildman–Crippen LogP) is 22.3. The largest absolute Gasteiger partial charge is 0.462 e. The van der Waals surface area contributed by atoms with E-state index in [9.17, 15) is 14.4 Å². The minimum atomic E-state index is -0.792. The Balaban J connectivity index is 4.37. The van der Waals surface area contributed by atoms with E-state index in [0.29, 0.717) is 19.3 Å². The molecule has 0 aliphatic carbocycles. The number of rotatable bonds is 59. The summed E-state index contributed by atoms with van der Waals surface area (Å²) in [7, 11) is 0. The first-order valence-corrected chi connectivity index (χ1v) is 32.6. The highest BCUT2D eigenvalue weighted by Gasteiger charge is 2.19. The molecule has 0 amide bonds. The first-order valence-electron chi connectivity index (χ1n) is 32.6. The molecule has 0 radical (unpaired) electrons. The van der Waals surface area contributed by atoms with Gasteiger partial charge < -0.3 is 14.2 Å². The van der Waals surface area contributed by atoms with Crippen LogP contribution in [-0.2, 0) is 28.6 Å². The minimum Gasteiger partial charge on any atom is -0.462 e. The predicted molar refractivity (Wildman–Crippen MR) is 330 cm³/mol. The van der Waals surface area contributed by atoms with Crippen molar-refractivity contribution in [1.29, 1.82) is 0 Å². The Morgan fingerprint density at radius 1 is 0.276 bits per heavy atom. The molecule has 0 aromatic carbocycles. The number of esters is 3. The van der Waals surface area contributed by atoms with Gasteiger partial charge in [0.1, 0.15) is 13.2 Å². The lowest BCUT2D eigenvalue weighted by atomic mass is 10.0. The van der Waals surface area contributed by atoms with Crippen LogP contribution in [0.5, 0.6) is 0 Å². The number of carbonyl (C=O) groups is 3. The summed E-state index contributed by atoms with van der Waals surface area (Å²) in [5.41, 5.74) is 0. The van der Waals surface area contributed by atoms with E-state index in [2.05, 4.69) is 106 Å². The van der Waals surface area contributed by atoms with Crippen molar-refractivity contribution in [2.24, 2.45) is 0 Å². The van der Waals surface area contributed by atoms with Crippen LogP contribution in [0, 0.1) is 0 Å². The van der Waals surface area contributed by atoms with Gasteiger partial charge >= 0.3 is 17.9 Å². The molecule has 0 saturated heterocycles. The summed E-state index contributed by atoms with van der Waals surface area (Å²) in [4.78, 5) is 38.3. The van der Waals surface area contributed by atoms with Crippen molar-refractivity contribution in [3.63, 3.8) is 0 Å². The number of ether oxygens (including phenoxy) is 3. The Morgan fingerprint density at radius 3 is 0.816 bits per heavy atom. The lowest BCUT2D eigenvalue weighted by molar-refractivity contribution is -0.167. The Hall–Kier alpha value is -3.41. The van der Waals surface area contributed by atoms with Crippen LogP contribution < -0.4 is 0 Å². The van der Waals surface area contributed by atoms with Gasteiger partial charge in [0, 0.05) is 19.3 Å². The second-order valence-electron chi connectivity index (χ2n) is 21.6. The third-order valence-electron chi connectivity index (χ3n) is 14.1. The zero-order chi connectivity index (χ0) is 55.0. The van der Waals surface area contributed by atoms with Crippen molar-refractivity contribution in [1.82, 2.24) is 0 Å². The van der Waals surface area contributed by atoms with E-state index in [0.717, 1.165) is 116 Å². The molecule has 0 aliphatic rings. The van der Waals surface area contributed by atoms with Gasteiger partial charge in [0.15, 0.2) is 6.10 Å². The van der Waals surface area contributed by atoms with Crippen LogP contribution in [0.3, 0.4) is 0 Å². The molecule has 1 atom stereocenters. The zero-order valence-corrected chi connectivity index (χ0v) is 50.3. The summed E-state index contributed by atoms with van der Waals surface area (Å²) in [5, 5.41) is 0. The molecule has 6 nitrogen and oxygen atoms in total. The van der Waals surface area contributed by atoms with Crippen molar-refractivity contribution in [3.8, 4) is 0 Å². The first kappa shape index (κ1) is 72.6. The molecule has 0 bridgehead atoms. The average Bonchev–Trinajstić information content (AvgIpc) is 3.42. The number of unbranched alkanes of at least 4 members (excludes halogenated alkanes) is 34. The number of allylic oxidation sites excluding steroid dienone is 14. The maximum Gasteiger partial charge on any atom is 0.306 e. The number of carbonyl (C=O) groups excluding carboxylic acids is 3. The molecule has 0 N–H and O–H groups in total. The molecule has 0 aromatic heterocycles. The third kappa shape index (κ3) is 61.4. The fourth-order valence-corrected chi connectivity index (χ4v) is 9.23. The van der Waals surface area contributed by atoms with Crippen molar-refractivity contribution in [2.45, 2.75) is 329 Å². The molecule has 0 spiro atoms. The Labute approximate surface area is 471 Å². The maximum atomic E-state index is 12.9. The van der Waals surface area contributed by atoms with E-state index in [4.69, 9.17) is 14.2 Å². The van der Waals surface area contributed by atoms with Gasteiger partial charge in [-0.15, -0.1) is 0 Å². The van der Waals surface area contributed by atoms with Crippen LogP contribution in [0.25, 0.3) is 0 Å². The van der Waals surface area contributed by atoms with Crippen molar-refractivity contribution in [2.75, 3.05) is 13.2 Å². The molecule has 438 valence electrons. The molecule has 0 saturated carbocycles. The summed E-state index contributed by atoms with van der Waals surface area (Å²) in [6, 6.07) is 0. The van der Waals surface area contributed by atoms with Gasteiger partial charge in [-0.25, -0.2) is 0 Å². The monoisotopic (exact) mass is 1060 g/mol. The first-order chi connectivity index (χ1) is 37.5. The van der Waals surface area contributed by atoms with Gasteiger partial charge in [0.25, 0.3) is 0 Å². The fraction of sp³-hybridized carbons (Fsp3) is 0.757. The van der Waals surface area contributed by atoms with Crippen LogP contribution in [0.15, 0.2) is 85.1 Å². The molecule has 6 heteroatoms. The minimum absolute atomic E-state index is 0.0863. The van der Waals surface area contributed by atoms with Gasteiger partial charge in [-0.05, 0) is 116 Å². The number of hydrogen-bond acceptors (Lipinski definition) is 6. The summed E-state index contributed by atoms with van der Waals surface area (Å²) in [6.45, 7) is 6.53. The molecule has 0 aliphatic heterocycles. The van der Waals surface area contributed by atoms with Gasteiger partial charge in [-0.3, -0.25) is 14.4 Å². The number of hydrogen-bond donors (Lipinski definition) is 0. The van der Waals surface area contributed by atoms with Crippen LogP contribution in [0.1, 0.15) is 323 Å². The second-order valence-corrected chi connectivity index (χ2v) is 21.6. The topological polar surface area (TPSA) is 78.9 Å². The van der Waals surface area contributed by atoms with Gasteiger partial charge in [0.2, 0.25) is 0 Å². The van der Waals surface area contributed by atoms with Crippen molar-refractivity contribution >= 4 is 17.9 Å². The van der Waals surface area contributed by atoms with Gasteiger partial charge in [-0.1, -0.05) is 273 Å². The summed E-state index contributed by atoms with van der Waals surface area (Å²) in [6.07, 6.45) is 84.5. The van der Waals surface area contributed by atoms with Crippen LogP contribution in [0.2, 0.25) is 0 Å². The van der Waals surface area contributed by atoms with E-state index in [1.807, 2.05) is 0 Å². The highest BCUT2D eigenvalue weighted by atomic mass is 16.6. The van der Waals surface area contributed by atoms with Crippen molar-refractivity contribution in [3.05, 3.63) is 85.1 Å². The summed E-state index contributed by atoms with van der Waals surface area (Å²) >= 11 is 0. The highest BCUT2D eigenvalue weighted by Crippen LogP contribution is 2.16. The smallest absolute Gasteiger partial charge is 0.306 e. The van der Waals surface area contributed by atoms with E-state index < -0.39 is 6.10 Å². The SMILES string of the molecule is CC/C=C\C/C=C\C/C=C\C/C=C\C/C=C\CCCCCCCC(=O)OC(COC(=O)CCCCCCC/C=C\CCCCCCC)COC(=O)CCCCCCCCCCCCC/C=C\CCCCCCCCCC. The lowest BCUT2D eigenvalue weighted by Gasteiger charge is -2.18. The second kappa shape index (κ2) is 64.1. The normalized spacial score (nSPS) is 12.6. The summed E-state index contributed by atoms with van der Waals surface area (Å²) in [5.74, 6) is -0.903. The molecule has 76 heavy (non-hydrogen) atoms. The zero-order valence-electron chi connectivity index (χ0n) is 50.3. The maximum absolute atomic E-state index is 12.9. The lowest BCUT2D eigenvalue weighted by Crippen LogP contribution is -2.30. The third-order valence-corrected chi connectivity index (χ3v) is 14.1. The summed E-state index contributed by atoms with van der Waals surface area (Å²) < 4.78 is 16.9. The molecule has 1 unspecified atom stereocenters. The molecule has 0 aromatic rings. The quantitative estimate of drug-likeness (QED) is 0.0261. The molecule has 0 fully saturated rings. The highest BCUT2D eigenvalue weighted by molar-refractivity contribution is 5.71. The van der Waals surface area contributed by atoms with E-state index >= 15 is 0 Å². The van der Waals surface area contributed by atoms with Crippen LogP contribution >= 0.6 is 0 Å². The van der Waals surface area contributed by atoms with E-state index in [1.54, 1.807) is 0 Å². The fourth-order valence-electron chi connectivity index (χ4n) is 9.23. The average molecular weight is 1060 g/mol. The standard InChI is InChI=1S/C70H122O6/c1-4-7-10-13-16-19-22-25-28-30-32-34-35-37-38-40-42-45-48-51-54-57-60-63-69(72)75-66-67(65-74-68(71)62-59-56-53-50-47-44-27-24-21-18-15-12-9-6-3)76-70(73)64-61-58-55-52-49-46-43-41-39-36-33-31-29-26-23-20-17-14-11-8-5-2/h8,11,17,20,24,26-27,29-30,32-33,36,41,43,67H,4-7,9-10,12-16,18-19,21-23,25,28,31,34-35,37-40,42,44-66H2,1-3H3/b11-8-,20-17-,27-24-,29-26-,32-30-,36-33-,43-41-. The molecular weight excluding hydrogens is 937 g/mol. The Bertz CT molecular complexity index is 1450. The molecular formula is C70H122O6. The van der Waals surface area contributed by atoms with Gasteiger partial charge in [-0.2, -0.15) is 0 Å². The molecule has 0 heterocycles. The van der Waals surface area contributed by atoms with Crippen LogP contribution in [-0.4, -0.2) is 37.2 Å². The van der Waals surface area contributed by atoms with Crippen molar-refractivity contribution < 1.29 is 28.6 Å². The molecule has 0 rings (SSSR count). The Morgan fingerprint density at radius 2 is 0.513 bits per heavy atom. The van der Waals surface area contributed by atoms with Crippen LogP contribution in [0.4, 0.5) is 0 Å². The van der Waals surface area contributed by atoms with E-state index in [1.165, 1.54) is 167 Å². The van der Waals surface area contributed by atoms with E-state index in [-0.39, 0.29) is 31.1 Å². The Kier molecular flexibility index (Phi) is 61.2.